The molecule has 0 aromatic rings. The van der Waals surface area contributed by atoms with Crippen LogP contribution in [0.2, 0.25) is 0 Å². The van der Waals surface area contributed by atoms with Crippen LogP contribution < -0.4 is 0 Å². The van der Waals surface area contributed by atoms with Gasteiger partial charge in [0.15, 0.2) is 6.10 Å². The summed E-state index contributed by atoms with van der Waals surface area (Å²) < 4.78 is 16.9. The highest BCUT2D eigenvalue weighted by Gasteiger charge is 2.19. The van der Waals surface area contributed by atoms with E-state index in [1.807, 2.05) is 0 Å². The SMILES string of the molecule is CC/C=C\C/C=C\C/C=C\C/C=C\C/C=C\CCCCCCCC(=O)OC(COC(=O)CCCCCCC/C=C\CCCCC)COC(=O)CCCCCCCCCCCCCCCCCCCCCCCCC. The van der Waals surface area contributed by atoms with Gasteiger partial charge in [-0.3, -0.25) is 14.4 Å². The average molecular weight is 1030 g/mol. The van der Waals surface area contributed by atoms with Crippen LogP contribution in [-0.4, -0.2) is 37.2 Å². The first-order chi connectivity index (χ1) is 36.5. The summed E-state index contributed by atoms with van der Waals surface area (Å²) in [5, 5.41) is 0. The second-order valence-electron chi connectivity index (χ2n) is 21.3. The van der Waals surface area contributed by atoms with Gasteiger partial charge in [0.25, 0.3) is 0 Å². The molecule has 0 fully saturated rings. The molecule has 0 aliphatic rings. The summed E-state index contributed by atoms with van der Waals surface area (Å²) >= 11 is 0. The number of hydrogen-bond acceptors (Lipinski definition) is 6. The molecule has 0 saturated carbocycles. The Labute approximate surface area is 459 Å². The smallest absolute Gasteiger partial charge is 0.306 e. The second-order valence-corrected chi connectivity index (χ2v) is 21.3. The van der Waals surface area contributed by atoms with Gasteiger partial charge < -0.3 is 14.2 Å². The molecule has 74 heavy (non-hydrogen) atoms. The van der Waals surface area contributed by atoms with Gasteiger partial charge in [-0.25, -0.2) is 0 Å². The fourth-order valence-corrected chi connectivity index (χ4v) is 9.17. The molecule has 0 rings (SSSR count). The largest absolute Gasteiger partial charge is 0.462 e. The van der Waals surface area contributed by atoms with Gasteiger partial charge in [0.2, 0.25) is 0 Å². The molecule has 0 radical (unpaired) electrons. The molecule has 0 aromatic heterocycles. The Morgan fingerprint density at radius 3 is 0.865 bits per heavy atom. The number of ether oxygens (including phenoxy) is 3. The minimum atomic E-state index is -0.789. The van der Waals surface area contributed by atoms with E-state index in [9.17, 15) is 14.4 Å². The lowest BCUT2D eigenvalue weighted by Gasteiger charge is -2.18. The maximum Gasteiger partial charge on any atom is 0.306 e. The molecule has 0 aliphatic heterocycles. The second kappa shape index (κ2) is 62.4. The Balaban J connectivity index is 4.31. The highest BCUT2D eigenvalue weighted by atomic mass is 16.6. The van der Waals surface area contributed by atoms with Crippen LogP contribution in [0.3, 0.4) is 0 Å². The van der Waals surface area contributed by atoms with Crippen molar-refractivity contribution in [2.24, 2.45) is 0 Å². The molecule has 0 heterocycles. The van der Waals surface area contributed by atoms with E-state index in [4.69, 9.17) is 14.2 Å². The van der Waals surface area contributed by atoms with Gasteiger partial charge in [0.05, 0.1) is 0 Å². The minimum Gasteiger partial charge on any atom is -0.462 e. The maximum absolute atomic E-state index is 12.9. The predicted molar refractivity (Wildman–Crippen MR) is 321 cm³/mol. The average Bonchev–Trinajstić information content (AvgIpc) is 3.40. The van der Waals surface area contributed by atoms with Crippen LogP contribution in [0, 0.1) is 0 Å². The Kier molecular flexibility index (Phi) is 59.7. The summed E-state index contributed by atoms with van der Waals surface area (Å²) in [4.78, 5) is 38.3. The molecule has 428 valence electrons. The van der Waals surface area contributed by atoms with Crippen LogP contribution in [0.25, 0.3) is 0 Å². The predicted octanol–water partition coefficient (Wildman–Crippen LogP) is 21.7. The van der Waals surface area contributed by atoms with Crippen molar-refractivity contribution in [3.05, 3.63) is 72.9 Å². The lowest BCUT2D eigenvalue weighted by atomic mass is 10.0. The number of rotatable bonds is 58. The van der Waals surface area contributed by atoms with Gasteiger partial charge in [0.1, 0.15) is 13.2 Å². The Bertz CT molecular complexity index is 1370. The highest BCUT2D eigenvalue weighted by molar-refractivity contribution is 5.71. The molecule has 0 bridgehead atoms. The molecule has 0 saturated heterocycles. The van der Waals surface area contributed by atoms with Gasteiger partial charge in [-0.2, -0.15) is 0 Å². The summed E-state index contributed by atoms with van der Waals surface area (Å²) in [5.41, 5.74) is 0. The van der Waals surface area contributed by atoms with Gasteiger partial charge >= 0.3 is 17.9 Å². The van der Waals surface area contributed by atoms with Crippen LogP contribution in [0.1, 0.15) is 323 Å². The van der Waals surface area contributed by atoms with Crippen molar-refractivity contribution in [3.63, 3.8) is 0 Å². The van der Waals surface area contributed by atoms with E-state index < -0.39 is 6.10 Å². The van der Waals surface area contributed by atoms with Crippen LogP contribution in [-0.2, 0) is 28.6 Å². The third-order valence-electron chi connectivity index (χ3n) is 13.9. The van der Waals surface area contributed by atoms with Crippen molar-refractivity contribution < 1.29 is 28.6 Å². The number of esters is 3. The number of unbranched alkanes of at least 4 members (excludes halogenated alkanes) is 35. The van der Waals surface area contributed by atoms with Crippen LogP contribution in [0.15, 0.2) is 72.9 Å². The third-order valence-corrected chi connectivity index (χ3v) is 13.9. The number of carbonyl (C=O) groups is 3. The van der Waals surface area contributed by atoms with Gasteiger partial charge in [0, 0.05) is 19.3 Å². The van der Waals surface area contributed by atoms with E-state index in [1.54, 1.807) is 0 Å². The van der Waals surface area contributed by atoms with Crippen LogP contribution in [0.4, 0.5) is 0 Å². The van der Waals surface area contributed by atoms with E-state index in [-0.39, 0.29) is 31.1 Å². The zero-order valence-electron chi connectivity index (χ0n) is 49.1. The number of carbonyl (C=O) groups excluding carboxylic acids is 3. The molecular weight excluding hydrogens is 913 g/mol. The molecule has 0 N–H and O–H groups in total. The van der Waals surface area contributed by atoms with Crippen LogP contribution >= 0.6 is 0 Å². The van der Waals surface area contributed by atoms with E-state index in [0.717, 1.165) is 116 Å². The van der Waals surface area contributed by atoms with Gasteiger partial charge in [-0.05, 0) is 89.9 Å². The molecule has 1 atom stereocenters. The lowest BCUT2D eigenvalue weighted by molar-refractivity contribution is -0.167. The molecular formula is C68H120O6. The molecule has 0 spiro atoms. The van der Waals surface area contributed by atoms with E-state index in [0.29, 0.717) is 19.3 Å². The normalized spacial score (nSPS) is 12.5. The first-order valence-electron chi connectivity index (χ1n) is 31.9. The first-order valence-corrected chi connectivity index (χ1v) is 31.9. The first kappa shape index (κ1) is 70.8. The van der Waals surface area contributed by atoms with Crippen molar-refractivity contribution in [3.8, 4) is 0 Å². The topological polar surface area (TPSA) is 78.9 Å². The maximum atomic E-state index is 12.9. The molecule has 0 amide bonds. The third kappa shape index (κ3) is 59.7. The fraction of sp³-hybridized carbons (Fsp3) is 0.779. The van der Waals surface area contributed by atoms with E-state index in [2.05, 4.69) is 93.7 Å². The zero-order chi connectivity index (χ0) is 53.6. The van der Waals surface area contributed by atoms with Crippen molar-refractivity contribution in [2.75, 3.05) is 13.2 Å². The molecule has 6 heteroatoms. The summed E-state index contributed by atoms with van der Waals surface area (Å²) in [6, 6.07) is 0. The van der Waals surface area contributed by atoms with Crippen molar-refractivity contribution in [2.45, 2.75) is 329 Å². The summed E-state index contributed by atoms with van der Waals surface area (Å²) in [6.07, 6.45) is 80.5. The van der Waals surface area contributed by atoms with Gasteiger partial charge in [-0.15, -0.1) is 0 Å². The highest BCUT2D eigenvalue weighted by Crippen LogP contribution is 2.17. The number of allylic oxidation sites excluding steroid dienone is 12. The monoisotopic (exact) mass is 1030 g/mol. The quantitative estimate of drug-likeness (QED) is 0.0261. The van der Waals surface area contributed by atoms with Crippen molar-refractivity contribution >= 4 is 17.9 Å². The fourth-order valence-electron chi connectivity index (χ4n) is 9.17. The Morgan fingerprint density at radius 2 is 0.527 bits per heavy atom. The molecule has 0 aromatic carbocycles. The Hall–Kier alpha value is -3.15. The van der Waals surface area contributed by atoms with E-state index in [1.165, 1.54) is 167 Å². The molecule has 1 unspecified atom stereocenters. The standard InChI is InChI=1S/C68H120O6/c1-4-7-10-13-16-19-22-25-27-29-31-33-34-36-37-39-41-43-46-49-52-55-58-61-67(70)73-64-65(63-72-66(69)60-57-54-51-48-45-24-21-18-15-12-9-6-3)74-68(71)62-59-56-53-50-47-44-42-40-38-35-32-30-28-26-23-20-17-14-11-8-5-2/h8,11,17-18,20-21,26,28,32,35,40,42,65H,4-7,9-10,12-16,19,22-25,27,29-31,33-34,36-39,41,43-64H2,1-3H3/b11-8-,20-17-,21-18-,28-26-,35-32-,42-40-. The summed E-state index contributed by atoms with van der Waals surface area (Å²) in [6.45, 7) is 6.52. The van der Waals surface area contributed by atoms with Crippen molar-refractivity contribution in [1.29, 1.82) is 0 Å². The number of hydrogen-bond donors (Lipinski definition) is 0. The minimum absolute atomic E-state index is 0.0833. The molecule has 6 nitrogen and oxygen atoms in total. The van der Waals surface area contributed by atoms with Crippen molar-refractivity contribution in [1.82, 2.24) is 0 Å². The zero-order valence-corrected chi connectivity index (χ0v) is 49.1. The lowest BCUT2D eigenvalue weighted by Crippen LogP contribution is -2.30. The van der Waals surface area contributed by atoms with E-state index >= 15 is 0 Å². The molecule has 0 aliphatic carbocycles. The summed E-state index contributed by atoms with van der Waals surface area (Å²) in [7, 11) is 0. The summed E-state index contributed by atoms with van der Waals surface area (Å²) in [5.74, 6) is -0.897. The Morgan fingerprint density at radius 1 is 0.284 bits per heavy atom. The van der Waals surface area contributed by atoms with Crippen LogP contribution in [0.5, 0.6) is 0 Å². The van der Waals surface area contributed by atoms with Gasteiger partial charge in [-0.1, -0.05) is 286 Å².